The molecule has 1 amide bonds. The summed E-state index contributed by atoms with van der Waals surface area (Å²) >= 11 is 5.57. The van der Waals surface area contributed by atoms with E-state index in [-0.39, 0.29) is 29.9 Å². The van der Waals surface area contributed by atoms with Crippen molar-refractivity contribution >= 4 is 49.2 Å². The predicted molar refractivity (Wildman–Crippen MR) is 199 cm³/mol. The number of hydrogen-bond donors (Lipinski definition) is 4. The van der Waals surface area contributed by atoms with Gasteiger partial charge in [-0.2, -0.15) is 5.26 Å². The number of benzene rings is 1. The lowest BCUT2D eigenvalue weighted by Gasteiger charge is -2.29. The van der Waals surface area contributed by atoms with Gasteiger partial charge in [0.2, 0.25) is 6.54 Å². The number of imidazole rings is 1. The molecule has 2 aliphatic rings. The SMILES string of the molecule is [C-]#[N+]CCOP(=O)(O)O[C@H]1C(F)[C@@H](n2cnc3c(NC(=O)c4ccccc4)ncnc32)O[C@H]1COP(=S)(OCCC#N)OC1[C@H](F)[C@H](CO)O[C@@H]1n1ccc(=O)[nH]c1=O. The molecule has 0 spiro atoms. The van der Waals surface area contributed by atoms with Crippen molar-refractivity contribution in [2.75, 3.05) is 38.3 Å². The maximum atomic E-state index is 16.6. The normalized spacial score (nSPS) is 26.1. The lowest BCUT2D eigenvalue weighted by molar-refractivity contribution is -0.0595. The molecular weight excluding hydrogens is 850 g/mol. The summed E-state index contributed by atoms with van der Waals surface area (Å²) < 4.78 is 86.1. The molecule has 2 saturated heterocycles. The molecule has 4 unspecified atom stereocenters. The first kappa shape index (κ1) is 43.8. The number of aliphatic hydroxyl groups excluding tert-OH is 1. The molecule has 4 aromatic rings. The second kappa shape index (κ2) is 19.1. The van der Waals surface area contributed by atoms with Crippen LogP contribution in [0.4, 0.5) is 14.6 Å². The van der Waals surface area contributed by atoms with Crippen LogP contribution in [0.15, 0.2) is 64.8 Å². The third kappa shape index (κ3) is 10.2. The number of nitrogens with one attached hydrogen (secondary N) is 2. The number of anilines is 1. The van der Waals surface area contributed by atoms with Crippen LogP contribution in [-0.4, -0.2) is 115 Å². The number of phosphoric acid groups is 1. The standard InChI is InChI=1S/C32H33F2N9O13P2S/c1-36-10-13-50-57(48,49)55-25-20(54-30(23(25)34)43-17-39-24-27(37-16-38-28(24)43)41-29(46)18-6-3-2-4-7-18)15-52-58(59,51-12-5-9-35)56-26-22(33)19(14-44)53-31(26)42-11-8-21(45)40-32(42)47/h2-4,6-8,11,16-17,19-20,22-23,25-26,30-31,44H,5,10,12-15H2,(H,48,49)(H,40,45,47)(H,37,38,41,46)/t19-,20-,22+,23?,25+,26?,30-,31-,58?/m0/s1. The maximum Gasteiger partial charge on any atom is 0.472 e. The minimum Gasteiger partial charge on any atom is -0.394 e. The molecule has 59 heavy (non-hydrogen) atoms. The summed E-state index contributed by atoms with van der Waals surface area (Å²) in [6.07, 6.45) is -12.1. The van der Waals surface area contributed by atoms with Gasteiger partial charge in [-0.25, -0.2) is 39.7 Å². The predicted octanol–water partition coefficient (Wildman–Crippen LogP) is 2.07. The fraction of sp³-hybridized carbons (Fsp3) is 0.438. The van der Waals surface area contributed by atoms with E-state index in [1.54, 1.807) is 30.3 Å². The van der Waals surface area contributed by atoms with Crippen LogP contribution < -0.4 is 16.6 Å². The first-order valence-electron chi connectivity index (χ1n) is 17.3. The summed E-state index contributed by atoms with van der Waals surface area (Å²) in [5.41, 5.74) is -1.56. The van der Waals surface area contributed by atoms with Crippen LogP contribution in [0.3, 0.4) is 0 Å². The summed E-state index contributed by atoms with van der Waals surface area (Å²) in [4.78, 5) is 65.2. The van der Waals surface area contributed by atoms with Gasteiger partial charge in [-0.05, 0) is 23.9 Å². The Hall–Kier alpha value is -4.72. The van der Waals surface area contributed by atoms with E-state index in [0.29, 0.717) is 5.56 Å². The summed E-state index contributed by atoms with van der Waals surface area (Å²) in [5.74, 6) is -0.581. The van der Waals surface area contributed by atoms with E-state index in [2.05, 4.69) is 25.1 Å². The monoisotopic (exact) mass is 883 g/mol. The number of aliphatic hydroxyl groups is 1. The number of alkyl halides is 2. The van der Waals surface area contributed by atoms with Gasteiger partial charge in [-0.3, -0.25) is 37.3 Å². The second-order valence-corrected chi connectivity index (χ2v) is 16.8. The number of rotatable bonds is 18. The zero-order valence-corrected chi connectivity index (χ0v) is 32.7. The lowest BCUT2D eigenvalue weighted by Crippen LogP contribution is -2.38. The summed E-state index contributed by atoms with van der Waals surface area (Å²) in [5, 5.41) is 21.6. The number of carbonyl (C=O) groups excluding carboxylic acids is 1. The number of hydrogen-bond acceptors (Lipinski definition) is 17. The first-order valence-corrected chi connectivity index (χ1v) is 21.3. The van der Waals surface area contributed by atoms with Crippen molar-refractivity contribution < 1.29 is 60.2 Å². The van der Waals surface area contributed by atoms with Gasteiger partial charge in [0.1, 0.15) is 37.4 Å². The Balaban J connectivity index is 1.29. The molecule has 10 atom stereocenters. The number of amides is 1. The fourth-order valence-electron chi connectivity index (χ4n) is 5.88. The summed E-state index contributed by atoms with van der Waals surface area (Å²) in [6.45, 7) is -0.490. The van der Waals surface area contributed by atoms with Crippen LogP contribution in [0.25, 0.3) is 16.0 Å². The largest absolute Gasteiger partial charge is 0.472 e. The molecule has 3 aromatic heterocycles. The van der Waals surface area contributed by atoms with Gasteiger partial charge in [0, 0.05) is 17.8 Å². The zero-order chi connectivity index (χ0) is 42.3. The van der Waals surface area contributed by atoms with Crippen LogP contribution in [-0.2, 0) is 48.5 Å². The number of nitriles is 1. The summed E-state index contributed by atoms with van der Waals surface area (Å²) in [7, 11) is -5.11. The van der Waals surface area contributed by atoms with Crippen molar-refractivity contribution in [1.29, 1.82) is 5.26 Å². The van der Waals surface area contributed by atoms with Gasteiger partial charge >= 0.3 is 20.2 Å². The van der Waals surface area contributed by atoms with Gasteiger partial charge in [0.05, 0.1) is 38.6 Å². The maximum absolute atomic E-state index is 16.6. The Bertz CT molecular complexity index is 2430. The molecule has 22 nitrogen and oxygen atoms in total. The first-order chi connectivity index (χ1) is 28.3. The molecule has 0 radical (unpaired) electrons. The minimum atomic E-state index is -5.11. The Kier molecular flexibility index (Phi) is 14.2. The number of nitrogens with zero attached hydrogens (tertiary/aromatic N) is 7. The number of aromatic nitrogens is 6. The third-order valence-corrected chi connectivity index (χ3v) is 11.9. The van der Waals surface area contributed by atoms with Crippen LogP contribution in [0.5, 0.6) is 0 Å². The Morgan fingerprint density at radius 3 is 2.51 bits per heavy atom. The molecule has 0 saturated carbocycles. The number of carbonyl (C=O) groups is 1. The van der Waals surface area contributed by atoms with Gasteiger partial charge in [0.25, 0.3) is 11.5 Å². The van der Waals surface area contributed by atoms with Crippen molar-refractivity contribution in [3.63, 3.8) is 0 Å². The van der Waals surface area contributed by atoms with E-state index < -0.39 is 107 Å². The van der Waals surface area contributed by atoms with E-state index in [9.17, 15) is 28.9 Å². The quantitative estimate of drug-likeness (QED) is 0.0632. The van der Waals surface area contributed by atoms with Crippen LogP contribution in [0.2, 0.25) is 0 Å². The second-order valence-electron chi connectivity index (χ2n) is 12.4. The van der Waals surface area contributed by atoms with Crippen LogP contribution in [0.1, 0.15) is 29.2 Å². The molecule has 314 valence electrons. The van der Waals surface area contributed by atoms with Crippen molar-refractivity contribution in [2.45, 2.75) is 55.6 Å². The van der Waals surface area contributed by atoms with Gasteiger partial charge in [-0.1, -0.05) is 18.2 Å². The van der Waals surface area contributed by atoms with E-state index in [1.165, 1.54) is 0 Å². The molecular formula is C32H33F2N9O13P2S. The molecule has 6 rings (SSSR count). The van der Waals surface area contributed by atoms with Gasteiger partial charge in [0.15, 0.2) is 41.8 Å². The lowest BCUT2D eigenvalue weighted by atomic mass is 10.1. The highest BCUT2D eigenvalue weighted by Crippen LogP contribution is 2.56. The fourth-order valence-corrected chi connectivity index (χ4v) is 8.88. The van der Waals surface area contributed by atoms with E-state index >= 15 is 8.78 Å². The highest BCUT2D eigenvalue weighted by atomic mass is 32.5. The van der Waals surface area contributed by atoms with Crippen molar-refractivity contribution in [1.82, 2.24) is 29.1 Å². The van der Waals surface area contributed by atoms with E-state index in [0.717, 1.165) is 34.1 Å². The number of H-pyrrole nitrogens is 1. The Morgan fingerprint density at radius 1 is 1.03 bits per heavy atom. The average Bonchev–Trinajstić information content (AvgIpc) is 3.87. The smallest absolute Gasteiger partial charge is 0.394 e. The van der Waals surface area contributed by atoms with Crippen molar-refractivity contribution in [2.24, 2.45) is 0 Å². The van der Waals surface area contributed by atoms with Crippen LogP contribution in [0, 0.1) is 17.9 Å². The molecule has 0 bridgehead atoms. The van der Waals surface area contributed by atoms with E-state index in [4.69, 9.17) is 55.7 Å². The van der Waals surface area contributed by atoms with Crippen molar-refractivity contribution in [3.8, 4) is 6.07 Å². The average molecular weight is 884 g/mol. The summed E-state index contributed by atoms with van der Waals surface area (Å²) in [6, 6.07) is 10.9. The number of phosphoric ester groups is 1. The number of aromatic amines is 1. The highest BCUT2D eigenvalue weighted by molar-refractivity contribution is 8.07. The molecule has 2 fully saturated rings. The molecule has 0 aliphatic carbocycles. The molecule has 1 aromatic carbocycles. The number of fused-ring (bicyclic) bond motifs is 1. The van der Waals surface area contributed by atoms with Crippen LogP contribution >= 0.6 is 14.5 Å². The highest BCUT2D eigenvalue weighted by Gasteiger charge is 2.53. The molecule has 2 aliphatic heterocycles. The number of ether oxygens (including phenoxy) is 2. The van der Waals surface area contributed by atoms with Crippen molar-refractivity contribution in [3.05, 3.63) is 93.1 Å². The van der Waals surface area contributed by atoms with Gasteiger partial charge < -0.3 is 38.7 Å². The Labute approximate surface area is 336 Å². The Morgan fingerprint density at radius 2 is 1.80 bits per heavy atom. The molecule has 4 N–H and O–H groups in total. The topological polar surface area (TPSA) is 278 Å². The minimum absolute atomic E-state index is 0.00625. The zero-order valence-electron chi connectivity index (χ0n) is 30.1. The third-order valence-electron chi connectivity index (χ3n) is 8.56. The number of halogens is 2. The van der Waals surface area contributed by atoms with E-state index in [1.807, 2.05) is 11.1 Å². The molecule has 27 heteroatoms. The van der Waals surface area contributed by atoms with Gasteiger partial charge in [-0.15, -0.1) is 0 Å². The molecule has 5 heterocycles.